The minimum Gasteiger partial charge on any atom is -0.347 e. The van der Waals surface area contributed by atoms with Gasteiger partial charge in [-0.15, -0.1) is 11.3 Å². The Labute approximate surface area is 93.6 Å². The molecule has 0 saturated carbocycles. The van der Waals surface area contributed by atoms with Crippen molar-refractivity contribution in [1.82, 2.24) is 15.3 Å². The van der Waals surface area contributed by atoms with E-state index in [0.717, 1.165) is 18.8 Å². The van der Waals surface area contributed by atoms with E-state index in [9.17, 15) is 0 Å². The number of nitrogens with one attached hydrogen (secondary N) is 2. The molecule has 0 amide bonds. The highest BCUT2D eigenvalue weighted by Gasteiger charge is 1.95. The summed E-state index contributed by atoms with van der Waals surface area (Å²) in [6.07, 6.45) is 5.93. The van der Waals surface area contributed by atoms with Crippen molar-refractivity contribution in [3.05, 3.63) is 40.6 Å². The zero-order chi connectivity index (χ0) is 10.3. The molecule has 0 unspecified atom stereocenters. The smallest absolute Gasteiger partial charge is 0.0922 e. The van der Waals surface area contributed by atoms with E-state index in [1.807, 2.05) is 17.5 Å². The Morgan fingerprint density at radius 3 is 3.20 bits per heavy atom. The van der Waals surface area contributed by atoms with E-state index < -0.39 is 0 Å². The highest BCUT2D eigenvalue weighted by Crippen LogP contribution is 2.10. The average molecular weight is 221 g/mol. The number of imidazole rings is 1. The molecule has 3 nitrogen and oxygen atoms in total. The zero-order valence-electron chi connectivity index (χ0n) is 8.57. The number of aromatic amines is 1. The molecule has 0 atom stereocenters. The van der Waals surface area contributed by atoms with Crippen molar-refractivity contribution >= 4 is 11.3 Å². The quantitative estimate of drug-likeness (QED) is 0.734. The number of thiophene rings is 1. The molecular formula is C11H15N3S. The molecular weight excluding hydrogens is 206 g/mol. The van der Waals surface area contributed by atoms with E-state index in [1.54, 1.807) is 6.33 Å². The first-order valence-corrected chi connectivity index (χ1v) is 6.03. The summed E-state index contributed by atoms with van der Waals surface area (Å²) >= 11 is 1.83. The van der Waals surface area contributed by atoms with Crippen LogP contribution in [0.5, 0.6) is 0 Å². The van der Waals surface area contributed by atoms with Crippen LogP contribution in [-0.4, -0.2) is 16.5 Å². The second-order valence-corrected chi connectivity index (χ2v) is 4.47. The summed E-state index contributed by atoms with van der Waals surface area (Å²) in [5, 5.41) is 5.52. The molecule has 2 aromatic heterocycles. The molecule has 0 bridgehead atoms. The van der Waals surface area contributed by atoms with Gasteiger partial charge in [0.25, 0.3) is 0 Å². The van der Waals surface area contributed by atoms with Crippen molar-refractivity contribution in [2.75, 3.05) is 6.54 Å². The van der Waals surface area contributed by atoms with E-state index in [0.29, 0.717) is 0 Å². The maximum Gasteiger partial charge on any atom is 0.0922 e. The predicted molar refractivity (Wildman–Crippen MR) is 62.9 cm³/mol. The summed E-state index contributed by atoms with van der Waals surface area (Å²) < 4.78 is 0. The van der Waals surface area contributed by atoms with Crippen LogP contribution in [0.25, 0.3) is 0 Å². The molecule has 0 fully saturated rings. The van der Waals surface area contributed by atoms with Gasteiger partial charge < -0.3 is 10.3 Å². The molecule has 2 heterocycles. The van der Waals surface area contributed by atoms with Gasteiger partial charge in [0.2, 0.25) is 0 Å². The minimum atomic E-state index is 0.879. The topological polar surface area (TPSA) is 40.7 Å². The van der Waals surface area contributed by atoms with Gasteiger partial charge in [-0.05, 0) is 30.8 Å². The monoisotopic (exact) mass is 221 g/mol. The third-order valence-corrected chi connectivity index (χ3v) is 3.16. The standard InChI is InChI=1S/C11H15N3S/c1(3-11-4-2-6-15-11)5-12-7-10-8-13-9-14-10/h2,4,6,8-9,12H,1,3,5,7H2,(H,13,14). The van der Waals surface area contributed by atoms with Gasteiger partial charge in [0.15, 0.2) is 0 Å². The van der Waals surface area contributed by atoms with Crippen molar-refractivity contribution in [2.45, 2.75) is 19.4 Å². The van der Waals surface area contributed by atoms with Gasteiger partial charge in [-0.2, -0.15) is 0 Å². The summed E-state index contributed by atoms with van der Waals surface area (Å²) in [5.41, 5.74) is 1.14. The van der Waals surface area contributed by atoms with Crippen LogP contribution in [0.4, 0.5) is 0 Å². The fourth-order valence-electron chi connectivity index (χ4n) is 1.45. The summed E-state index contributed by atoms with van der Waals surface area (Å²) in [6, 6.07) is 4.30. The lowest BCUT2D eigenvalue weighted by Gasteiger charge is -2.01. The third kappa shape index (κ3) is 3.49. The van der Waals surface area contributed by atoms with Gasteiger partial charge in [-0.25, -0.2) is 4.98 Å². The van der Waals surface area contributed by atoms with E-state index in [1.165, 1.54) is 17.7 Å². The Morgan fingerprint density at radius 1 is 1.47 bits per heavy atom. The average Bonchev–Trinajstić information content (AvgIpc) is 2.88. The van der Waals surface area contributed by atoms with Crippen LogP contribution in [0.3, 0.4) is 0 Å². The number of rotatable bonds is 6. The molecule has 0 radical (unpaired) electrons. The first kappa shape index (κ1) is 10.4. The normalized spacial score (nSPS) is 10.7. The van der Waals surface area contributed by atoms with Crippen LogP contribution >= 0.6 is 11.3 Å². The van der Waals surface area contributed by atoms with E-state index in [2.05, 4.69) is 32.8 Å². The van der Waals surface area contributed by atoms with Crippen molar-refractivity contribution in [3.63, 3.8) is 0 Å². The van der Waals surface area contributed by atoms with Crippen LogP contribution in [0, 0.1) is 0 Å². The molecule has 4 heteroatoms. The number of aryl methyl sites for hydroxylation is 1. The second-order valence-electron chi connectivity index (χ2n) is 3.44. The molecule has 0 spiro atoms. The van der Waals surface area contributed by atoms with Crippen molar-refractivity contribution in [1.29, 1.82) is 0 Å². The summed E-state index contributed by atoms with van der Waals surface area (Å²) in [5.74, 6) is 0. The Balaban J connectivity index is 1.56. The van der Waals surface area contributed by atoms with E-state index in [-0.39, 0.29) is 0 Å². The van der Waals surface area contributed by atoms with Crippen molar-refractivity contribution in [2.24, 2.45) is 0 Å². The summed E-state index contributed by atoms with van der Waals surface area (Å²) in [4.78, 5) is 8.51. The van der Waals surface area contributed by atoms with Crippen LogP contribution < -0.4 is 5.32 Å². The zero-order valence-corrected chi connectivity index (χ0v) is 9.39. The Kier molecular flexibility index (Phi) is 3.93. The summed E-state index contributed by atoms with van der Waals surface area (Å²) in [7, 11) is 0. The number of hydrogen-bond acceptors (Lipinski definition) is 3. The maximum atomic E-state index is 3.97. The van der Waals surface area contributed by atoms with Gasteiger partial charge in [-0.1, -0.05) is 6.07 Å². The highest BCUT2D eigenvalue weighted by atomic mass is 32.1. The molecule has 0 aliphatic carbocycles. The number of aromatic nitrogens is 2. The minimum absolute atomic E-state index is 0.879. The molecule has 0 aromatic carbocycles. The van der Waals surface area contributed by atoms with E-state index >= 15 is 0 Å². The Bertz CT molecular complexity index is 317. The third-order valence-electron chi connectivity index (χ3n) is 2.23. The van der Waals surface area contributed by atoms with Gasteiger partial charge >= 0.3 is 0 Å². The predicted octanol–water partition coefficient (Wildman–Crippen LogP) is 2.19. The molecule has 80 valence electrons. The Hall–Kier alpha value is -1.13. The van der Waals surface area contributed by atoms with Gasteiger partial charge in [-0.3, -0.25) is 0 Å². The molecule has 2 aromatic rings. The van der Waals surface area contributed by atoms with Gasteiger partial charge in [0, 0.05) is 23.3 Å². The fraction of sp³-hybridized carbons (Fsp3) is 0.364. The molecule has 0 aliphatic rings. The number of nitrogens with zero attached hydrogens (tertiary/aromatic N) is 1. The first-order chi connectivity index (χ1) is 7.45. The SMILES string of the molecule is c1csc(CCCNCc2cnc[nH]2)c1. The lowest BCUT2D eigenvalue weighted by molar-refractivity contribution is 0.644. The highest BCUT2D eigenvalue weighted by molar-refractivity contribution is 7.09. The van der Waals surface area contributed by atoms with Crippen LogP contribution in [0.15, 0.2) is 30.0 Å². The van der Waals surface area contributed by atoms with Crippen LogP contribution in [-0.2, 0) is 13.0 Å². The summed E-state index contributed by atoms with van der Waals surface area (Å²) in [6.45, 7) is 1.93. The van der Waals surface area contributed by atoms with Crippen LogP contribution in [0.1, 0.15) is 17.0 Å². The van der Waals surface area contributed by atoms with E-state index in [4.69, 9.17) is 0 Å². The largest absolute Gasteiger partial charge is 0.347 e. The molecule has 0 saturated heterocycles. The van der Waals surface area contributed by atoms with Gasteiger partial charge in [0.05, 0.1) is 6.33 Å². The van der Waals surface area contributed by atoms with Gasteiger partial charge in [0.1, 0.15) is 0 Å². The molecule has 0 aliphatic heterocycles. The lowest BCUT2D eigenvalue weighted by atomic mass is 10.2. The first-order valence-electron chi connectivity index (χ1n) is 5.15. The number of H-pyrrole nitrogens is 1. The fourth-order valence-corrected chi connectivity index (χ4v) is 2.20. The molecule has 15 heavy (non-hydrogen) atoms. The van der Waals surface area contributed by atoms with Crippen molar-refractivity contribution in [3.8, 4) is 0 Å². The van der Waals surface area contributed by atoms with Crippen LogP contribution in [0.2, 0.25) is 0 Å². The Morgan fingerprint density at radius 2 is 2.47 bits per heavy atom. The number of hydrogen-bond donors (Lipinski definition) is 2. The molecule has 2 N–H and O–H groups in total. The van der Waals surface area contributed by atoms with Crippen molar-refractivity contribution < 1.29 is 0 Å². The molecule has 2 rings (SSSR count). The lowest BCUT2D eigenvalue weighted by Crippen LogP contribution is -2.15. The maximum absolute atomic E-state index is 3.97. The second kappa shape index (κ2) is 5.68.